The van der Waals surface area contributed by atoms with Crippen molar-refractivity contribution in [1.82, 2.24) is 0 Å². The van der Waals surface area contributed by atoms with Gasteiger partial charge in [-0.25, -0.2) is 0 Å². The summed E-state index contributed by atoms with van der Waals surface area (Å²) in [5.41, 5.74) is 0. The molecule has 24 valence electrons. The molecule has 0 heterocycles. The third-order valence-corrected chi connectivity index (χ3v) is 0. The molecule has 0 rings (SSSR count). The van der Waals surface area contributed by atoms with Crippen LogP contribution in [0.15, 0.2) is 0 Å². The van der Waals surface area contributed by atoms with E-state index in [1.54, 1.807) is 0 Å². The van der Waals surface area contributed by atoms with Gasteiger partial charge in [0.2, 0.25) is 0 Å². The molecule has 0 fully saturated rings. The molecule has 0 saturated heterocycles. The quantitative estimate of drug-likeness (QED) is 0.229. The van der Waals surface area contributed by atoms with E-state index < -0.39 is 0 Å². The van der Waals surface area contributed by atoms with Crippen molar-refractivity contribution in [3.63, 3.8) is 0 Å². The Balaban J connectivity index is 0. The van der Waals surface area contributed by atoms with Crippen molar-refractivity contribution < 1.29 is 5.11 Å². The van der Waals surface area contributed by atoms with E-state index in [9.17, 15) is 0 Å². The van der Waals surface area contributed by atoms with E-state index in [1.165, 1.54) is 0 Å². The van der Waals surface area contributed by atoms with E-state index in [-0.39, 0.29) is 43.7 Å². The predicted octanol–water partition coefficient (Wildman–Crippen LogP) is -1.05. The topological polar surface area (TPSA) is 20.2 Å². The molecule has 0 radical (unpaired) electrons. The van der Waals surface area contributed by atoms with Crippen LogP contribution in [0.1, 0.15) is 0 Å². The molecule has 0 aliphatic carbocycles. The molecule has 1 nitrogen and oxygen atoms in total. The van der Waals surface area contributed by atoms with Crippen LogP contribution >= 0.6 is 12.6 Å². The molecule has 0 aliphatic rings. The van der Waals surface area contributed by atoms with Crippen LogP contribution in [0.5, 0.6) is 0 Å². The summed E-state index contributed by atoms with van der Waals surface area (Å²) in [4.78, 5) is 0. The molecule has 3 heteroatoms. The Labute approximate surface area is 60.8 Å². The summed E-state index contributed by atoms with van der Waals surface area (Å²) in [7, 11) is 0. The molecule has 0 aromatic rings. The maximum absolute atomic E-state index is 7.43. The normalized spacial score (nSPS) is 4.50. The van der Waals surface area contributed by atoms with Gasteiger partial charge in [0, 0.05) is 0 Å². The molecule has 0 unspecified atom stereocenters. The Morgan fingerprint density at radius 3 is 1.75 bits per heavy atom. The summed E-state index contributed by atoms with van der Waals surface area (Å²) < 4.78 is 0. The van der Waals surface area contributed by atoms with E-state index in [0.717, 1.165) is 0 Å². The number of aliphatic hydroxyl groups is 1. The van der Waals surface area contributed by atoms with Gasteiger partial charge in [-0.3, -0.25) is 0 Å². The molecule has 0 saturated carbocycles. The van der Waals surface area contributed by atoms with E-state index >= 15 is 0 Å². The van der Waals surface area contributed by atoms with Crippen LogP contribution in [0.25, 0.3) is 0 Å². The van der Waals surface area contributed by atoms with Gasteiger partial charge in [0.05, 0.1) is 5.94 Å². The molecule has 1 N–H and O–H groups in total. The molecule has 0 aliphatic heterocycles. The Morgan fingerprint density at radius 1 is 1.75 bits per heavy atom. The molecule has 0 spiro atoms. The fourth-order valence-corrected chi connectivity index (χ4v) is 0. The standard InChI is InChI=1S/CH4OS.Ca.2H/c2-1-3;;;/h2-3H,1H2;;;. The molecular formula is CH6CaOS. The third-order valence-electron chi connectivity index (χ3n) is 0. The van der Waals surface area contributed by atoms with Crippen molar-refractivity contribution in [3.8, 4) is 0 Å². The van der Waals surface area contributed by atoms with Gasteiger partial charge in [-0.2, -0.15) is 12.6 Å². The van der Waals surface area contributed by atoms with Gasteiger partial charge < -0.3 is 5.11 Å². The van der Waals surface area contributed by atoms with Crippen molar-refractivity contribution in [2.45, 2.75) is 0 Å². The zero-order chi connectivity index (χ0) is 2.71. The Morgan fingerprint density at radius 2 is 1.75 bits per heavy atom. The zero-order valence-corrected chi connectivity index (χ0v) is 2.50. The maximum atomic E-state index is 7.43. The fraction of sp³-hybridized carbons (Fsp3) is 1.00. The minimum absolute atomic E-state index is 0. The summed E-state index contributed by atoms with van der Waals surface area (Å²) in [5.74, 6) is -0.0556. The molecule has 4 heavy (non-hydrogen) atoms. The number of thiol groups is 1. The molecular weight excluding hydrogens is 100 g/mol. The molecule has 0 amide bonds. The van der Waals surface area contributed by atoms with Gasteiger partial charge in [0.25, 0.3) is 0 Å². The van der Waals surface area contributed by atoms with Crippen LogP contribution < -0.4 is 0 Å². The van der Waals surface area contributed by atoms with E-state index in [4.69, 9.17) is 5.11 Å². The number of hydrogen-bond acceptors (Lipinski definition) is 2. The summed E-state index contributed by atoms with van der Waals surface area (Å²) in [6, 6.07) is 0. The van der Waals surface area contributed by atoms with Gasteiger partial charge >= 0.3 is 37.7 Å². The van der Waals surface area contributed by atoms with Crippen molar-refractivity contribution in [1.29, 1.82) is 0 Å². The second-order valence-corrected chi connectivity index (χ2v) is 0.424. The Bertz CT molecular complexity index is 8.00. The molecule has 0 bridgehead atoms. The third kappa shape index (κ3) is 9.57. The van der Waals surface area contributed by atoms with Crippen molar-refractivity contribution in [3.05, 3.63) is 0 Å². The summed E-state index contributed by atoms with van der Waals surface area (Å²) in [6.45, 7) is 0. The van der Waals surface area contributed by atoms with Crippen LogP contribution in [0, 0.1) is 0 Å². The van der Waals surface area contributed by atoms with E-state index in [1.807, 2.05) is 0 Å². The first-order chi connectivity index (χ1) is 1.41. The zero-order valence-electron chi connectivity index (χ0n) is 1.60. The monoisotopic (exact) mass is 106 g/mol. The van der Waals surface area contributed by atoms with Crippen molar-refractivity contribution in [2.24, 2.45) is 0 Å². The molecule has 0 aromatic carbocycles. The molecule has 0 atom stereocenters. The second kappa shape index (κ2) is 8.82. The SMILES string of the molecule is OCS.[CaH2]. The summed E-state index contributed by atoms with van der Waals surface area (Å²) >= 11 is 3.34. The van der Waals surface area contributed by atoms with Gasteiger partial charge in [-0.15, -0.1) is 0 Å². The average Bonchev–Trinajstić information content (AvgIpc) is 0.918. The molecule has 0 aromatic heterocycles. The van der Waals surface area contributed by atoms with Crippen molar-refractivity contribution >= 4 is 50.4 Å². The summed E-state index contributed by atoms with van der Waals surface area (Å²) in [6.07, 6.45) is 0. The van der Waals surface area contributed by atoms with Gasteiger partial charge in [-0.05, 0) is 0 Å². The first-order valence-corrected chi connectivity index (χ1v) is 1.26. The van der Waals surface area contributed by atoms with Crippen LogP contribution in [-0.2, 0) is 0 Å². The first-order valence-electron chi connectivity index (χ1n) is 0.632. The minimum atomic E-state index is -0.0556. The van der Waals surface area contributed by atoms with Gasteiger partial charge in [0.1, 0.15) is 0 Å². The first kappa shape index (κ1) is 9.13. The van der Waals surface area contributed by atoms with Gasteiger partial charge in [-0.1, -0.05) is 0 Å². The van der Waals surface area contributed by atoms with E-state index in [2.05, 4.69) is 12.6 Å². The van der Waals surface area contributed by atoms with E-state index in [0.29, 0.717) is 0 Å². The van der Waals surface area contributed by atoms with Gasteiger partial charge in [0.15, 0.2) is 0 Å². The van der Waals surface area contributed by atoms with Crippen LogP contribution in [0.4, 0.5) is 0 Å². The van der Waals surface area contributed by atoms with Crippen LogP contribution in [0.2, 0.25) is 0 Å². The number of rotatable bonds is 0. The predicted molar refractivity (Wildman–Crippen MR) is 24.6 cm³/mol. The average molecular weight is 106 g/mol. The Hall–Kier alpha value is 1.57. The second-order valence-electron chi connectivity index (χ2n) is 0.141. The summed E-state index contributed by atoms with van der Waals surface area (Å²) in [5, 5.41) is 7.43. The number of hydrogen-bond donors (Lipinski definition) is 2. The Kier molecular flexibility index (Phi) is 20.1. The van der Waals surface area contributed by atoms with Crippen LogP contribution in [0.3, 0.4) is 0 Å². The fourth-order valence-electron chi connectivity index (χ4n) is 0. The number of aliphatic hydroxyl groups excluding tert-OH is 1. The van der Waals surface area contributed by atoms with Crippen molar-refractivity contribution in [2.75, 3.05) is 5.94 Å². The van der Waals surface area contributed by atoms with Crippen LogP contribution in [-0.4, -0.2) is 48.8 Å².